The van der Waals surface area contributed by atoms with Crippen LogP contribution in [0, 0.1) is 23.2 Å². The van der Waals surface area contributed by atoms with Crippen LogP contribution in [0.3, 0.4) is 0 Å². The second-order valence-electron chi connectivity index (χ2n) is 9.64. The summed E-state index contributed by atoms with van der Waals surface area (Å²) in [6, 6.07) is 6.04. The first-order chi connectivity index (χ1) is 12.6. The van der Waals surface area contributed by atoms with Crippen molar-refractivity contribution in [3.05, 3.63) is 29.3 Å². The fraction of sp³-hybridized carbons (Fsp3) is 0.739. The number of phenolic OH excluding ortho intramolecular Hbond substituents is 1. The molecule has 0 amide bonds. The first-order valence-electron chi connectivity index (χ1n) is 10.7. The summed E-state index contributed by atoms with van der Waals surface area (Å²) in [5.41, 5.74) is 2.90. The Morgan fingerprint density at radius 3 is 2.81 bits per heavy atom. The number of hydrogen-bond donors (Lipinski definition) is 2. The maximum atomic E-state index is 10.8. The molecule has 0 aliphatic heterocycles. The SMILES string of the molecule is CC12C[C@H](CCOC3CC3)C3c4ccc(O)cc4CCC3C1CCC2O. The highest BCUT2D eigenvalue weighted by atomic mass is 16.5. The average Bonchev–Trinajstić information content (AvgIpc) is 3.39. The number of aromatic hydroxyl groups is 1. The van der Waals surface area contributed by atoms with Gasteiger partial charge in [0.25, 0.3) is 0 Å². The molecular weight excluding hydrogens is 324 g/mol. The van der Waals surface area contributed by atoms with Gasteiger partial charge in [0.05, 0.1) is 12.2 Å². The third-order valence-corrected chi connectivity index (χ3v) is 8.15. The number of ether oxygens (including phenoxy) is 1. The van der Waals surface area contributed by atoms with Crippen LogP contribution in [0.25, 0.3) is 0 Å². The molecule has 26 heavy (non-hydrogen) atoms. The summed E-state index contributed by atoms with van der Waals surface area (Å²) in [6.45, 7) is 3.22. The molecule has 2 N–H and O–H groups in total. The molecule has 3 heteroatoms. The maximum absolute atomic E-state index is 10.8. The van der Waals surface area contributed by atoms with E-state index in [1.165, 1.54) is 36.8 Å². The Bertz CT molecular complexity index is 682. The zero-order valence-corrected chi connectivity index (χ0v) is 15.9. The Morgan fingerprint density at radius 2 is 2.00 bits per heavy atom. The van der Waals surface area contributed by atoms with Crippen LogP contribution >= 0.6 is 0 Å². The van der Waals surface area contributed by atoms with Gasteiger partial charge in [0.15, 0.2) is 0 Å². The van der Waals surface area contributed by atoms with Crippen molar-refractivity contribution in [2.45, 2.75) is 76.4 Å². The lowest BCUT2D eigenvalue weighted by atomic mass is 9.51. The molecule has 3 nitrogen and oxygen atoms in total. The molecule has 4 aliphatic carbocycles. The van der Waals surface area contributed by atoms with Crippen molar-refractivity contribution in [2.75, 3.05) is 6.61 Å². The number of rotatable bonds is 4. The Labute approximate surface area is 156 Å². The zero-order chi connectivity index (χ0) is 17.9. The molecule has 3 saturated carbocycles. The molecular formula is C23H32O3. The standard InChI is InChI=1S/C23H32O3/c1-23-13-15(10-11-26-17-4-5-17)22-18-7-3-16(24)12-14(18)2-6-19(22)20(23)8-9-21(23)25/h3,7,12,15,17,19-22,24-25H,2,4-6,8-11,13H2,1H3/t15-,19?,20?,21?,22?,23?/m0/s1. The lowest BCUT2D eigenvalue weighted by Gasteiger charge is -2.54. The number of aliphatic hydroxyl groups excluding tert-OH is 1. The van der Waals surface area contributed by atoms with E-state index in [4.69, 9.17) is 4.74 Å². The van der Waals surface area contributed by atoms with E-state index in [9.17, 15) is 10.2 Å². The van der Waals surface area contributed by atoms with Crippen LogP contribution in [0.15, 0.2) is 18.2 Å². The first kappa shape index (κ1) is 17.1. The Hall–Kier alpha value is -1.06. The molecule has 0 saturated heterocycles. The molecule has 5 unspecified atom stereocenters. The molecule has 0 heterocycles. The summed E-state index contributed by atoms with van der Waals surface area (Å²) in [4.78, 5) is 0. The van der Waals surface area contributed by atoms with E-state index < -0.39 is 0 Å². The van der Waals surface area contributed by atoms with E-state index in [2.05, 4.69) is 13.0 Å². The van der Waals surface area contributed by atoms with Crippen LogP contribution in [0.1, 0.15) is 68.9 Å². The van der Waals surface area contributed by atoms with Crippen molar-refractivity contribution < 1.29 is 14.9 Å². The predicted octanol–water partition coefficient (Wildman–Crippen LogP) is 4.40. The Kier molecular flexibility index (Phi) is 4.09. The highest BCUT2D eigenvalue weighted by molar-refractivity contribution is 5.40. The number of aryl methyl sites for hydroxylation is 1. The van der Waals surface area contributed by atoms with Gasteiger partial charge < -0.3 is 14.9 Å². The average molecular weight is 357 g/mol. The van der Waals surface area contributed by atoms with Gasteiger partial charge in [0.1, 0.15) is 5.75 Å². The molecule has 0 radical (unpaired) electrons. The quantitative estimate of drug-likeness (QED) is 0.840. The van der Waals surface area contributed by atoms with Gasteiger partial charge in [-0.25, -0.2) is 0 Å². The summed E-state index contributed by atoms with van der Waals surface area (Å²) in [5, 5.41) is 20.7. The third-order valence-electron chi connectivity index (χ3n) is 8.15. The van der Waals surface area contributed by atoms with Crippen LogP contribution in [0.2, 0.25) is 0 Å². The fourth-order valence-electron chi connectivity index (χ4n) is 6.75. The van der Waals surface area contributed by atoms with Crippen molar-refractivity contribution in [1.82, 2.24) is 0 Å². The van der Waals surface area contributed by atoms with E-state index in [1.807, 2.05) is 12.1 Å². The number of fused-ring (bicyclic) bond motifs is 5. The van der Waals surface area contributed by atoms with E-state index in [0.717, 1.165) is 32.3 Å². The minimum Gasteiger partial charge on any atom is -0.508 e. The van der Waals surface area contributed by atoms with Crippen LogP contribution in [0.5, 0.6) is 5.75 Å². The van der Waals surface area contributed by atoms with Gasteiger partial charge in [-0.1, -0.05) is 13.0 Å². The normalized spacial score (nSPS) is 41.4. The summed E-state index contributed by atoms with van der Waals surface area (Å²) in [5.74, 6) is 2.87. The summed E-state index contributed by atoms with van der Waals surface area (Å²) < 4.78 is 6.01. The third kappa shape index (κ3) is 2.70. The molecule has 142 valence electrons. The van der Waals surface area contributed by atoms with Crippen LogP contribution in [-0.4, -0.2) is 29.0 Å². The predicted molar refractivity (Wildman–Crippen MR) is 101 cm³/mol. The summed E-state index contributed by atoms with van der Waals surface area (Å²) in [7, 11) is 0. The number of aliphatic hydroxyl groups is 1. The topological polar surface area (TPSA) is 49.7 Å². The van der Waals surface area contributed by atoms with Crippen LogP contribution in [-0.2, 0) is 11.2 Å². The second kappa shape index (κ2) is 6.24. The molecule has 1 aromatic carbocycles. The monoisotopic (exact) mass is 356 g/mol. The van der Waals surface area contributed by atoms with Gasteiger partial charge in [-0.3, -0.25) is 0 Å². The molecule has 6 atom stereocenters. The molecule has 0 bridgehead atoms. The molecule has 0 spiro atoms. The highest BCUT2D eigenvalue weighted by Gasteiger charge is 2.57. The van der Waals surface area contributed by atoms with Crippen LogP contribution in [0.4, 0.5) is 0 Å². The second-order valence-corrected chi connectivity index (χ2v) is 9.64. The zero-order valence-electron chi connectivity index (χ0n) is 15.9. The number of hydrogen-bond acceptors (Lipinski definition) is 3. The van der Waals surface area contributed by atoms with Crippen molar-refractivity contribution >= 4 is 0 Å². The highest BCUT2D eigenvalue weighted by Crippen LogP contribution is 2.63. The minimum absolute atomic E-state index is 0.0832. The van der Waals surface area contributed by atoms with Crippen molar-refractivity contribution in [1.29, 1.82) is 0 Å². The van der Waals surface area contributed by atoms with Gasteiger partial charge in [0, 0.05) is 6.61 Å². The summed E-state index contributed by atoms with van der Waals surface area (Å²) >= 11 is 0. The smallest absolute Gasteiger partial charge is 0.115 e. The van der Waals surface area contributed by atoms with Gasteiger partial charge in [-0.2, -0.15) is 0 Å². The Morgan fingerprint density at radius 1 is 1.15 bits per heavy atom. The van der Waals surface area contributed by atoms with Crippen molar-refractivity contribution in [3.8, 4) is 5.75 Å². The lowest BCUT2D eigenvalue weighted by molar-refractivity contribution is -0.0549. The molecule has 1 aromatic rings. The molecule has 3 fully saturated rings. The number of phenols is 1. The van der Waals surface area contributed by atoms with Gasteiger partial charge in [-0.05, 0) is 104 Å². The van der Waals surface area contributed by atoms with Crippen molar-refractivity contribution in [3.63, 3.8) is 0 Å². The van der Waals surface area contributed by atoms with E-state index >= 15 is 0 Å². The largest absolute Gasteiger partial charge is 0.508 e. The van der Waals surface area contributed by atoms with Gasteiger partial charge in [-0.15, -0.1) is 0 Å². The molecule has 4 aliphatic rings. The van der Waals surface area contributed by atoms with E-state index in [0.29, 0.717) is 35.5 Å². The van der Waals surface area contributed by atoms with Gasteiger partial charge >= 0.3 is 0 Å². The van der Waals surface area contributed by atoms with Crippen molar-refractivity contribution in [2.24, 2.45) is 23.2 Å². The lowest BCUT2D eigenvalue weighted by Crippen LogP contribution is -2.48. The van der Waals surface area contributed by atoms with E-state index in [-0.39, 0.29) is 11.5 Å². The first-order valence-corrected chi connectivity index (χ1v) is 10.7. The number of benzene rings is 1. The fourth-order valence-corrected chi connectivity index (χ4v) is 6.75. The van der Waals surface area contributed by atoms with Gasteiger partial charge in [0.2, 0.25) is 0 Å². The molecule has 5 rings (SSSR count). The maximum Gasteiger partial charge on any atom is 0.115 e. The van der Waals surface area contributed by atoms with E-state index in [1.54, 1.807) is 0 Å². The molecule has 0 aromatic heterocycles. The Balaban J connectivity index is 1.47. The minimum atomic E-state index is -0.137. The summed E-state index contributed by atoms with van der Waals surface area (Å²) in [6.07, 6.45) is 9.49. The van der Waals surface area contributed by atoms with Crippen LogP contribution < -0.4 is 0 Å².